The molecule has 1 aliphatic heterocycles. The minimum Gasteiger partial charge on any atom is -0.478 e. The monoisotopic (exact) mass is 657 g/mol. The van der Waals surface area contributed by atoms with Gasteiger partial charge >= 0.3 is 0 Å². The fourth-order valence-electron chi connectivity index (χ4n) is 6.22. The lowest BCUT2D eigenvalue weighted by Gasteiger charge is -2.27. The topological polar surface area (TPSA) is 79.8 Å². The molecule has 9 heteroatoms. The van der Waals surface area contributed by atoms with E-state index in [9.17, 15) is 17.6 Å². The number of carbonyl (C=O) groups excluding carboxylic acids is 1. The molecule has 48 heavy (non-hydrogen) atoms. The number of pyridine rings is 1. The van der Waals surface area contributed by atoms with E-state index in [0.717, 1.165) is 22.3 Å². The highest BCUT2D eigenvalue weighted by atomic mass is 32.2. The quantitative estimate of drug-likeness (QED) is 0.158. The predicted octanol–water partition coefficient (Wildman–Crippen LogP) is 7.83. The molecule has 7 rings (SSSR count). The molecular formula is C39H32FN3O4S. The van der Waals surface area contributed by atoms with E-state index in [1.165, 1.54) is 23.5 Å². The highest BCUT2D eigenvalue weighted by Gasteiger charge is 2.39. The molecular weight excluding hydrogens is 626 g/mol. The maximum absolute atomic E-state index is 14.5. The van der Waals surface area contributed by atoms with Gasteiger partial charge in [-0.05, 0) is 60.0 Å². The number of aromatic nitrogens is 1. The second kappa shape index (κ2) is 12.6. The molecule has 0 N–H and O–H groups in total. The molecule has 0 spiro atoms. The Hall–Kier alpha value is -5.54. The average Bonchev–Trinajstić information content (AvgIpc) is 3.43. The Morgan fingerprint density at radius 2 is 1.48 bits per heavy atom. The standard InChI is InChI=1S/C39H32FN3O4S/c1-26-15-21-31(22-16-26)48(45,46)42(2)36-32-14-9-23-41-35(32)38(47-37(28-10-5-3-6-11-28)29-12-7-4-8-13-29)34-33(36)25-43(39(34)44)24-27-17-19-30(40)20-18-27/h3-23,37H,24-25H2,1-2H3. The molecule has 1 amide bonds. The van der Waals surface area contributed by atoms with Crippen molar-refractivity contribution >= 4 is 32.5 Å². The van der Waals surface area contributed by atoms with E-state index in [2.05, 4.69) is 0 Å². The van der Waals surface area contributed by atoms with Crippen LogP contribution < -0.4 is 9.04 Å². The van der Waals surface area contributed by atoms with Gasteiger partial charge in [-0.2, -0.15) is 0 Å². The van der Waals surface area contributed by atoms with Gasteiger partial charge in [0.2, 0.25) is 0 Å². The van der Waals surface area contributed by atoms with Gasteiger partial charge in [0, 0.05) is 37.3 Å². The Labute approximate surface area is 278 Å². The summed E-state index contributed by atoms with van der Waals surface area (Å²) >= 11 is 0. The Bertz CT molecular complexity index is 2190. The van der Waals surface area contributed by atoms with Crippen LogP contribution in [0.15, 0.2) is 132 Å². The first kappa shape index (κ1) is 31.1. The van der Waals surface area contributed by atoms with Crippen molar-refractivity contribution in [1.82, 2.24) is 9.88 Å². The summed E-state index contributed by atoms with van der Waals surface area (Å²) in [7, 11) is -2.55. The fraction of sp³-hybridized carbons (Fsp3) is 0.128. The van der Waals surface area contributed by atoms with Crippen molar-refractivity contribution < 1.29 is 22.3 Å². The molecule has 0 saturated heterocycles. The third kappa shape index (κ3) is 5.66. The van der Waals surface area contributed by atoms with Crippen molar-refractivity contribution in [2.75, 3.05) is 11.4 Å². The first-order chi connectivity index (χ1) is 23.2. The number of carbonyl (C=O) groups is 1. The van der Waals surface area contributed by atoms with E-state index >= 15 is 0 Å². The van der Waals surface area contributed by atoms with Crippen molar-refractivity contribution in [2.24, 2.45) is 0 Å². The maximum Gasteiger partial charge on any atom is 0.264 e. The number of benzene rings is 5. The number of aryl methyl sites for hydroxylation is 1. The molecule has 2 heterocycles. The number of halogens is 1. The molecule has 0 aliphatic carbocycles. The van der Waals surface area contributed by atoms with Gasteiger partial charge in [-0.3, -0.25) is 14.1 Å². The molecule has 7 nitrogen and oxygen atoms in total. The molecule has 5 aromatic carbocycles. The van der Waals surface area contributed by atoms with Crippen LogP contribution in [0, 0.1) is 12.7 Å². The van der Waals surface area contributed by atoms with Gasteiger partial charge < -0.3 is 9.64 Å². The van der Waals surface area contributed by atoms with Crippen LogP contribution in [-0.2, 0) is 23.1 Å². The Kier molecular flexibility index (Phi) is 8.14. The first-order valence-corrected chi connectivity index (χ1v) is 17.0. The first-order valence-electron chi connectivity index (χ1n) is 15.5. The minimum atomic E-state index is -4.05. The molecule has 0 radical (unpaired) electrons. The molecule has 0 unspecified atom stereocenters. The van der Waals surface area contributed by atoms with Crippen molar-refractivity contribution in [2.45, 2.75) is 31.0 Å². The zero-order valence-corrected chi connectivity index (χ0v) is 27.2. The summed E-state index contributed by atoms with van der Waals surface area (Å²) in [6.45, 7) is 2.19. The summed E-state index contributed by atoms with van der Waals surface area (Å²) in [6, 6.07) is 35.6. The van der Waals surface area contributed by atoms with Gasteiger partial charge in [0.25, 0.3) is 15.9 Å². The fourth-order valence-corrected chi connectivity index (χ4v) is 7.46. The number of ether oxygens (including phenoxy) is 1. The lowest BCUT2D eigenvalue weighted by molar-refractivity contribution is 0.0762. The third-order valence-electron chi connectivity index (χ3n) is 8.66. The van der Waals surface area contributed by atoms with Crippen LogP contribution in [-0.4, -0.2) is 31.3 Å². The number of anilines is 1. The number of nitrogens with zero attached hydrogens (tertiary/aromatic N) is 3. The average molecular weight is 658 g/mol. The molecule has 0 fully saturated rings. The normalized spacial score (nSPS) is 12.8. The second-order valence-corrected chi connectivity index (χ2v) is 13.8. The van der Waals surface area contributed by atoms with Gasteiger partial charge in [-0.15, -0.1) is 0 Å². The molecule has 0 saturated carbocycles. The molecule has 1 aliphatic rings. The summed E-state index contributed by atoms with van der Waals surface area (Å²) in [4.78, 5) is 20.9. The van der Waals surface area contributed by atoms with Gasteiger partial charge in [0.15, 0.2) is 5.75 Å². The number of hydrogen-bond donors (Lipinski definition) is 0. The summed E-state index contributed by atoms with van der Waals surface area (Å²) in [5, 5.41) is 0.528. The van der Waals surface area contributed by atoms with E-state index in [1.807, 2.05) is 67.6 Å². The molecule has 6 aromatic rings. The third-order valence-corrected chi connectivity index (χ3v) is 10.4. The van der Waals surface area contributed by atoms with Gasteiger partial charge in [-0.1, -0.05) is 90.5 Å². The lowest BCUT2D eigenvalue weighted by Crippen LogP contribution is -2.28. The zero-order valence-electron chi connectivity index (χ0n) is 26.4. The molecule has 0 bridgehead atoms. The number of hydrogen-bond acceptors (Lipinski definition) is 5. The van der Waals surface area contributed by atoms with E-state index in [1.54, 1.807) is 59.6 Å². The predicted molar refractivity (Wildman–Crippen MR) is 184 cm³/mol. The van der Waals surface area contributed by atoms with Crippen LogP contribution in [0.3, 0.4) is 0 Å². The molecule has 1 aromatic heterocycles. The lowest BCUT2D eigenvalue weighted by atomic mass is 9.99. The summed E-state index contributed by atoms with van der Waals surface area (Å²) in [6.07, 6.45) is 1.01. The minimum absolute atomic E-state index is 0.108. The zero-order chi connectivity index (χ0) is 33.4. The van der Waals surface area contributed by atoms with Crippen LogP contribution in [0.4, 0.5) is 10.1 Å². The summed E-state index contributed by atoms with van der Waals surface area (Å²) in [5.74, 6) is -0.435. The van der Waals surface area contributed by atoms with Gasteiger partial charge in [0.1, 0.15) is 17.4 Å². The van der Waals surface area contributed by atoms with Crippen LogP contribution in [0.1, 0.15) is 44.3 Å². The van der Waals surface area contributed by atoms with E-state index in [-0.39, 0.29) is 41.0 Å². The van der Waals surface area contributed by atoms with Gasteiger partial charge in [0.05, 0.1) is 16.1 Å². The highest BCUT2D eigenvalue weighted by molar-refractivity contribution is 7.92. The Morgan fingerprint density at radius 1 is 0.854 bits per heavy atom. The van der Waals surface area contributed by atoms with Crippen molar-refractivity contribution in [3.8, 4) is 5.75 Å². The molecule has 0 atom stereocenters. The second-order valence-electron chi connectivity index (χ2n) is 11.8. The van der Waals surface area contributed by atoms with Crippen LogP contribution >= 0.6 is 0 Å². The number of sulfonamides is 1. The van der Waals surface area contributed by atoms with Crippen LogP contribution in [0.25, 0.3) is 10.9 Å². The number of fused-ring (bicyclic) bond motifs is 2. The smallest absolute Gasteiger partial charge is 0.264 e. The summed E-state index contributed by atoms with van der Waals surface area (Å²) < 4.78 is 50.2. The number of amides is 1. The Balaban J connectivity index is 1.44. The highest BCUT2D eigenvalue weighted by Crippen LogP contribution is 2.47. The van der Waals surface area contributed by atoms with E-state index in [4.69, 9.17) is 9.72 Å². The largest absolute Gasteiger partial charge is 0.478 e. The SMILES string of the molecule is Cc1ccc(S(=O)(=O)N(C)c2c3c(c(OC(c4ccccc4)c4ccccc4)c4ncccc24)C(=O)N(Cc2ccc(F)cc2)C3)cc1. The number of rotatable bonds is 9. The van der Waals surface area contributed by atoms with Crippen LogP contribution in [0.5, 0.6) is 5.75 Å². The summed E-state index contributed by atoms with van der Waals surface area (Å²) in [5.41, 5.74) is 4.89. The van der Waals surface area contributed by atoms with Crippen molar-refractivity contribution in [3.63, 3.8) is 0 Å². The van der Waals surface area contributed by atoms with Gasteiger partial charge in [-0.25, -0.2) is 12.8 Å². The van der Waals surface area contributed by atoms with Crippen molar-refractivity contribution in [1.29, 1.82) is 0 Å². The Morgan fingerprint density at radius 3 is 2.10 bits per heavy atom. The maximum atomic E-state index is 14.5. The van der Waals surface area contributed by atoms with Crippen molar-refractivity contribution in [3.05, 3.63) is 167 Å². The van der Waals surface area contributed by atoms with E-state index < -0.39 is 16.1 Å². The molecule has 240 valence electrons. The van der Waals surface area contributed by atoms with E-state index in [0.29, 0.717) is 22.2 Å². The van der Waals surface area contributed by atoms with Crippen LogP contribution in [0.2, 0.25) is 0 Å².